The molecule has 96 valence electrons. The number of hydrogen-bond acceptors (Lipinski definition) is 3. The van der Waals surface area contributed by atoms with Crippen LogP contribution in [0.1, 0.15) is 36.3 Å². The maximum absolute atomic E-state index is 4.63. The average molecular weight is 261 g/mol. The summed E-state index contributed by atoms with van der Waals surface area (Å²) in [7, 11) is 0. The lowest BCUT2D eigenvalue weighted by molar-refractivity contribution is 0.469. The second kappa shape index (κ2) is 4.86. The molecule has 0 aromatic carbocycles. The molecule has 3 rings (SSSR count). The number of thiazole rings is 1. The van der Waals surface area contributed by atoms with E-state index < -0.39 is 0 Å². The summed E-state index contributed by atoms with van der Waals surface area (Å²) in [6, 6.07) is 0.624. The Labute approximate surface area is 112 Å². The minimum atomic E-state index is 0.624. The van der Waals surface area contributed by atoms with Gasteiger partial charge in [-0.1, -0.05) is 12.2 Å². The van der Waals surface area contributed by atoms with Crippen molar-refractivity contribution in [1.82, 2.24) is 14.7 Å². The van der Waals surface area contributed by atoms with Crippen LogP contribution in [0.5, 0.6) is 0 Å². The predicted octanol–water partition coefficient (Wildman–Crippen LogP) is 3.21. The van der Waals surface area contributed by atoms with Crippen LogP contribution in [0.3, 0.4) is 0 Å². The molecule has 0 saturated carbocycles. The van der Waals surface area contributed by atoms with Gasteiger partial charge < -0.3 is 5.32 Å². The number of rotatable bonds is 3. The summed E-state index contributed by atoms with van der Waals surface area (Å²) < 4.78 is 2.28. The summed E-state index contributed by atoms with van der Waals surface area (Å²) >= 11 is 1.72. The van der Waals surface area contributed by atoms with E-state index in [1.54, 1.807) is 11.3 Å². The third-order valence-corrected chi connectivity index (χ3v) is 4.60. The Hall–Kier alpha value is -1.13. The van der Waals surface area contributed by atoms with Crippen LogP contribution in [-0.4, -0.2) is 15.4 Å². The van der Waals surface area contributed by atoms with Crippen LogP contribution < -0.4 is 5.32 Å². The average Bonchev–Trinajstić information content (AvgIpc) is 2.88. The van der Waals surface area contributed by atoms with Gasteiger partial charge in [-0.3, -0.25) is 4.40 Å². The number of aromatic nitrogens is 2. The molecule has 1 atom stereocenters. The lowest BCUT2D eigenvalue weighted by Crippen LogP contribution is -2.29. The topological polar surface area (TPSA) is 29.3 Å². The van der Waals surface area contributed by atoms with Crippen LogP contribution in [0.15, 0.2) is 17.5 Å². The van der Waals surface area contributed by atoms with Crippen LogP contribution in [0.25, 0.3) is 4.96 Å². The van der Waals surface area contributed by atoms with Gasteiger partial charge >= 0.3 is 0 Å². The third-order valence-electron chi connectivity index (χ3n) is 3.66. The molecule has 1 N–H and O–H groups in total. The van der Waals surface area contributed by atoms with Crippen LogP contribution in [-0.2, 0) is 6.54 Å². The standard InChI is InChI=1S/C14H19N3S/c1-10-9-18-14-16-11(2)13(17(10)14)8-15-12-6-4-3-5-7-12/h3-4,9,12,15H,5-8H2,1-2H3. The number of hydrogen-bond donors (Lipinski definition) is 1. The Balaban J connectivity index is 1.79. The van der Waals surface area contributed by atoms with E-state index in [0.717, 1.165) is 23.6 Å². The van der Waals surface area contributed by atoms with E-state index in [-0.39, 0.29) is 0 Å². The van der Waals surface area contributed by atoms with E-state index in [1.165, 1.54) is 24.2 Å². The van der Waals surface area contributed by atoms with E-state index >= 15 is 0 Å². The van der Waals surface area contributed by atoms with Gasteiger partial charge in [0.05, 0.1) is 11.4 Å². The first-order valence-electron chi connectivity index (χ1n) is 6.56. The van der Waals surface area contributed by atoms with Crippen molar-refractivity contribution in [2.45, 2.75) is 45.7 Å². The summed E-state index contributed by atoms with van der Waals surface area (Å²) in [5.41, 5.74) is 3.76. The SMILES string of the molecule is Cc1nc2scc(C)n2c1CNC1CC=CCC1. The number of allylic oxidation sites excluding steroid dienone is 1. The molecule has 1 aliphatic rings. The van der Waals surface area contributed by atoms with E-state index in [9.17, 15) is 0 Å². The second-order valence-electron chi connectivity index (χ2n) is 5.00. The van der Waals surface area contributed by atoms with Gasteiger partial charge in [0.15, 0.2) is 4.96 Å². The lowest BCUT2D eigenvalue weighted by atomic mass is 10.0. The highest BCUT2D eigenvalue weighted by molar-refractivity contribution is 7.15. The zero-order valence-electron chi connectivity index (χ0n) is 10.9. The first-order valence-corrected chi connectivity index (χ1v) is 7.44. The Morgan fingerprint density at radius 2 is 2.33 bits per heavy atom. The van der Waals surface area contributed by atoms with Crippen molar-refractivity contribution < 1.29 is 0 Å². The van der Waals surface area contributed by atoms with Gasteiger partial charge in [-0.05, 0) is 33.1 Å². The van der Waals surface area contributed by atoms with Gasteiger partial charge in [-0.25, -0.2) is 4.98 Å². The summed E-state index contributed by atoms with van der Waals surface area (Å²) in [5, 5.41) is 5.84. The zero-order chi connectivity index (χ0) is 12.5. The van der Waals surface area contributed by atoms with Crippen LogP contribution in [0.2, 0.25) is 0 Å². The van der Waals surface area contributed by atoms with Gasteiger partial charge in [0.25, 0.3) is 0 Å². The minimum absolute atomic E-state index is 0.624. The molecule has 2 aromatic rings. The van der Waals surface area contributed by atoms with Crippen LogP contribution >= 0.6 is 11.3 Å². The molecule has 2 aromatic heterocycles. The van der Waals surface area contributed by atoms with Crippen molar-refractivity contribution in [3.8, 4) is 0 Å². The maximum atomic E-state index is 4.63. The van der Waals surface area contributed by atoms with E-state index in [2.05, 4.69) is 46.1 Å². The second-order valence-corrected chi connectivity index (χ2v) is 5.84. The molecule has 4 heteroatoms. The Kier molecular flexibility index (Phi) is 3.22. The molecular formula is C14H19N3S. The van der Waals surface area contributed by atoms with Crippen LogP contribution in [0, 0.1) is 13.8 Å². The van der Waals surface area contributed by atoms with Gasteiger partial charge in [0.2, 0.25) is 0 Å². The number of aryl methyl sites for hydroxylation is 2. The van der Waals surface area contributed by atoms with Crippen molar-refractivity contribution in [1.29, 1.82) is 0 Å². The molecule has 3 nitrogen and oxygen atoms in total. The molecule has 0 radical (unpaired) electrons. The molecule has 1 aliphatic carbocycles. The van der Waals surface area contributed by atoms with E-state index in [1.807, 2.05) is 0 Å². The van der Waals surface area contributed by atoms with E-state index in [0.29, 0.717) is 6.04 Å². The highest BCUT2D eigenvalue weighted by Gasteiger charge is 2.14. The first kappa shape index (κ1) is 11.9. The van der Waals surface area contributed by atoms with Gasteiger partial charge in [-0.15, -0.1) is 11.3 Å². The maximum Gasteiger partial charge on any atom is 0.194 e. The molecule has 0 saturated heterocycles. The smallest absolute Gasteiger partial charge is 0.194 e. The molecule has 0 amide bonds. The van der Waals surface area contributed by atoms with Crippen molar-refractivity contribution in [3.05, 3.63) is 34.6 Å². The number of imidazole rings is 1. The monoisotopic (exact) mass is 261 g/mol. The molecule has 0 aliphatic heterocycles. The van der Waals surface area contributed by atoms with Gasteiger partial charge in [0, 0.05) is 23.7 Å². The zero-order valence-corrected chi connectivity index (χ0v) is 11.8. The molecule has 0 bridgehead atoms. The van der Waals surface area contributed by atoms with Crippen molar-refractivity contribution in [3.63, 3.8) is 0 Å². The van der Waals surface area contributed by atoms with Crippen molar-refractivity contribution in [2.75, 3.05) is 0 Å². The molecular weight excluding hydrogens is 242 g/mol. The number of nitrogens with zero attached hydrogens (tertiary/aromatic N) is 2. The van der Waals surface area contributed by atoms with Crippen LogP contribution in [0.4, 0.5) is 0 Å². The Morgan fingerprint density at radius 3 is 3.11 bits per heavy atom. The number of nitrogens with one attached hydrogen (secondary N) is 1. The Morgan fingerprint density at radius 1 is 1.44 bits per heavy atom. The lowest BCUT2D eigenvalue weighted by Gasteiger charge is -2.19. The number of fused-ring (bicyclic) bond motifs is 1. The Bertz CT molecular complexity index is 579. The van der Waals surface area contributed by atoms with Gasteiger partial charge in [-0.2, -0.15) is 0 Å². The van der Waals surface area contributed by atoms with E-state index in [4.69, 9.17) is 0 Å². The quantitative estimate of drug-likeness (QED) is 0.860. The first-order chi connectivity index (χ1) is 8.75. The summed E-state index contributed by atoms with van der Waals surface area (Å²) in [4.78, 5) is 5.74. The summed E-state index contributed by atoms with van der Waals surface area (Å²) in [5.74, 6) is 0. The highest BCUT2D eigenvalue weighted by atomic mass is 32.1. The minimum Gasteiger partial charge on any atom is -0.308 e. The summed E-state index contributed by atoms with van der Waals surface area (Å²) in [6.07, 6.45) is 8.18. The molecule has 0 fully saturated rings. The van der Waals surface area contributed by atoms with Gasteiger partial charge in [0.1, 0.15) is 0 Å². The van der Waals surface area contributed by atoms with Crippen molar-refractivity contribution in [2.24, 2.45) is 0 Å². The fourth-order valence-corrected chi connectivity index (χ4v) is 3.53. The highest BCUT2D eigenvalue weighted by Crippen LogP contribution is 2.21. The normalized spacial score (nSPS) is 19.8. The predicted molar refractivity (Wildman–Crippen MR) is 76.2 cm³/mol. The summed E-state index contributed by atoms with van der Waals surface area (Å²) in [6.45, 7) is 5.18. The molecule has 0 spiro atoms. The fraction of sp³-hybridized carbons (Fsp3) is 0.500. The molecule has 18 heavy (non-hydrogen) atoms. The molecule has 1 unspecified atom stereocenters. The third kappa shape index (κ3) is 2.10. The van der Waals surface area contributed by atoms with Crippen molar-refractivity contribution >= 4 is 16.3 Å². The fourth-order valence-electron chi connectivity index (χ4n) is 2.60. The largest absolute Gasteiger partial charge is 0.308 e. The molecule has 2 heterocycles.